The second-order valence-corrected chi connectivity index (χ2v) is 6.94. The number of methoxy groups -OCH3 is 1. The van der Waals surface area contributed by atoms with Crippen LogP contribution in [0.4, 0.5) is 18.9 Å². The Morgan fingerprint density at radius 3 is 2.52 bits per heavy atom. The maximum atomic E-state index is 13.0. The van der Waals surface area contributed by atoms with E-state index < -0.39 is 17.3 Å². The first kappa shape index (κ1) is 20.5. The summed E-state index contributed by atoms with van der Waals surface area (Å²) >= 11 is 0. The molecule has 0 aliphatic carbocycles. The molecule has 0 fully saturated rings. The monoisotopic (exact) mass is 430 g/mol. The normalized spacial score (nSPS) is 11.8. The van der Waals surface area contributed by atoms with Crippen LogP contribution in [0.1, 0.15) is 16.8 Å². The number of nitrogens with zero attached hydrogens (tertiary/aromatic N) is 3. The van der Waals surface area contributed by atoms with E-state index in [1.54, 1.807) is 25.1 Å². The van der Waals surface area contributed by atoms with E-state index in [-0.39, 0.29) is 23.2 Å². The number of halogens is 3. The van der Waals surface area contributed by atoms with Gasteiger partial charge in [0.25, 0.3) is 5.56 Å². The summed E-state index contributed by atoms with van der Waals surface area (Å²) in [5.74, 6) is 0.455. The number of hydrogen-bond donors (Lipinski definition) is 1. The molecule has 0 atom stereocenters. The molecule has 0 aliphatic rings. The summed E-state index contributed by atoms with van der Waals surface area (Å²) in [5.41, 5.74) is 6.92. The van der Waals surface area contributed by atoms with Gasteiger partial charge in [0.2, 0.25) is 5.58 Å². The number of benzene rings is 2. The van der Waals surface area contributed by atoms with Gasteiger partial charge in [-0.05, 0) is 42.8 Å². The summed E-state index contributed by atoms with van der Waals surface area (Å²) in [4.78, 5) is 13.0. The number of fused-ring (bicyclic) bond motifs is 1. The summed E-state index contributed by atoms with van der Waals surface area (Å²) in [6.07, 6.45) is -4.44. The van der Waals surface area contributed by atoms with Gasteiger partial charge in [-0.1, -0.05) is 17.3 Å². The van der Waals surface area contributed by atoms with E-state index in [1.165, 1.54) is 19.2 Å². The molecule has 2 N–H and O–H groups in total. The Kier molecular flexibility index (Phi) is 4.92. The molecule has 2 aromatic heterocycles. The van der Waals surface area contributed by atoms with Crippen molar-refractivity contribution in [3.63, 3.8) is 0 Å². The quantitative estimate of drug-likeness (QED) is 0.492. The third kappa shape index (κ3) is 3.72. The Labute approximate surface area is 173 Å². The number of nitrogens with two attached hydrogens (primary N) is 1. The molecule has 0 saturated heterocycles. The summed E-state index contributed by atoms with van der Waals surface area (Å²) in [5, 5.41) is 8.52. The van der Waals surface area contributed by atoms with Crippen LogP contribution in [0.25, 0.3) is 22.2 Å². The lowest BCUT2D eigenvalue weighted by Crippen LogP contribution is -2.24. The second kappa shape index (κ2) is 7.46. The van der Waals surface area contributed by atoms with Crippen LogP contribution in [-0.2, 0) is 12.7 Å². The molecule has 4 rings (SSSR count). The molecule has 31 heavy (non-hydrogen) atoms. The lowest BCUT2D eigenvalue weighted by Gasteiger charge is -2.12. The van der Waals surface area contributed by atoms with Crippen molar-refractivity contribution in [1.29, 1.82) is 0 Å². The lowest BCUT2D eigenvalue weighted by atomic mass is 10.1. The summed E-state index contributed by atoms with van der Waals surface area (Å²) in [7, 11) is 1.48. The van der Waals surface area contributed by atoms with Crippen LogP contribution in [0.5, 0.6) is 5.75 Å². The number of aryl methyl sites for hydroxylation is 1. The van der Waals surface area contributed by atoms with Crippen LogP contribution in [0.3, 0.4) is 0 Å². The molecule has 0 bridgehead atoms. The number of hydrogen-bond acceptors (Lipinski definition) is 6. The molecule has 0 amide bonds. The minimum atomic E-state index is -4.44. The average Bonchev–Trinajstić information content (AvgIpc) is 3.12. The van der Waals surface area contributed by atoms with Gasteiger partial charge in [0.15, 0.2) is 0 Å². The van der Waals surface area contributed by atoms with Gasteiger partial charge in [0.05, 0.1) is 30.5 Å². The van der Waals surface area contributed by atoms with E-state index in [0.29, 0.717) is 28.3 Å². The van der Waals surface area contributed by atoms with E-state index in [0.717, 1.165) is 16.8 Å². The topological polar surface area (TPSA) is 96.2 Å². The van der Waals surface area contributed by atoms with E-state index in [2.05, 4.69) is 10.3 Å². The number of ether oxygens (including phenoxy) is 1. The van der Waals surface area contributed by atoms with E-state index >= 15 is 0 Å². The number of anilines is 1. The van der Waals surface area contributed by atoms with Gasteiger partial charge in [-0.25, -0.2) is 4.68 Å². The highest BCUT2D eigenvalue weighted by Crippen LogP contribution is 2.35. The maximum Gasteiger partial charge on any atom is 0.416 e. The standard InChI is InChI=1S/C21H17F3N4O3/c1-11-17-19(31-27-11)18(15-9-14(25)7-8-16(15)30-2)26-28(20(17)29)10-12-3-5-13(6-4-12)21(22,23)24/h3-9H,10,25H2,1-2H3. The van der Waals surface area contributed by atoms with Crippen LogP contribution >= 0.6 is 0 Å². The zero-order valence-corrected chi connectivity index (χ0v) is 16.5. The van der Waals surface area contributed by atoms with E-state index in [1.807, 2.05) is 0 Å². The van der Waals surface area contributed by atoms with Gasteiger partial charge in [0, 0.05) is 5.69 Å². The molecular formula is C21H17F3N4O3. The van der Waals surface area contributed by atoms with Gasteiger partial charge in [-0.15, -0.1) is 0 Å². The Balaban J connectivity index is 1.88. The molecule has 0 spiro atoms. The zero-order valence-electron chi connectivity index (χ0n) is 16.5. The van der Waals surface area contributed by atoms with Gasteiger partial charge < -0.3 is 15.0 Å². The van der Waals surface area contributed by atoms with Crippen LogP contribution in [0, 0.1) is 6.92 Å². The van der Waals surface area contributed by atoms with Crippen molar-refractivity contribution in [2.75, 3.05) is 12.8 Å². The highest BCUT2D eigenvalue weighted by Gasteiger charge is 2.30. The van der Waals surface area contributed by atoms with E-state index in [4.69, 9.17) is 15.0 Å². The highest BCUT2D eigenvalue weighted by molar-refractivity contribution is 5.92. The first-order valence-electron chi connectivity index (χ1n) is 9.16. The molecule has 7 nitrogen and oxygen atoms in total. The van der Waals surface area contributed by atoms with Crippen molar-refractivity contribution in [3.05, 3.63) is 69.6 Å². The molecule has 0 radical (unpaired) electrons. The van der Waals surface area contributed by atoms with Gasteiger partial charge in [-0.2, -0.15) is 18.3 Å². The molecule has 160 valence electrons. The third-order valence-corrected chi connectivity index (χ3v) is 4.84. The zero-order chi connectivity index (χ0) is 22.3. The fraction of sp³-hybridized carbons (Fsp3) is 0.190. The number of aromatic nitrogens is 3. The SMILES string of the molecule is COc1ccc(N)cc1-c1nn(Cc2ccc(C(F)(F)F)cc2)c(=O)c2c(C)noc12. The predicted octanol–water partition coefficient (Wildman–Crippen LogP) is 4.02. The number of alkyl halides is 3. The molecule has 0 unspecified atom stereocenters. The largest absolute Gasteiger partial charge is 0.496 e. The molecule has 2 aromatic carbocycles. The average molecular weight is 430 g/mol. The van der Waals surface area contributed by atoms with Crippen molar-refractivity contribution >= 4 is 16.7 Å². The van der Waals surface area contributed by atoms with Crippen LogP contribution in [0.15, 0.2) is 51.8 Å². The molecule has 10 heteroatoms. The third-order valence-electron chi connectivity index (χ3n) is 4.84. The van der Waals surface area contributed by atoms with Crippen LogP contribution in [0.2, 0.25) is 0 Å². The molecular weight excluding hydrogens is 413 g/mol. The van der Waals surface area contributed by atoms with Crippen molar-refractivity contribution in [3.8, 4) is 17.0 Å². The summed E-state index contributed by atoms with van der Waals surface area (Å²) in [6.45, 7) is 1.57. The minimum absolute atomic E-state index is 0.0465. The number of rotatable bonds is 4. The van der Waals surface area contributed by atoms with E-state index in [9.17, 15) is 18.0 Å². The fourth-order valence-electron chi connectivity index (χ4n) is 3.29. The van der Waals surface area contributed by atoms with Crippen molar-refractivity contribution in [1.82, 2.24) is 14.9 Å². The molecule has 0 saturated carbocycles. The van der Waals surface area contributed by atoms with Crippen molar-refractivity contribution < 1.29 is 22.4 Å². The Bertz CT molecular complexity index is 1320. The van der Waals surface area contributed by atoms with Gasteiger partial charge in [0.1, 0.15) is 16.8 Å². The summed E-state index contributed by atoms with van der Waals surface area (Å²) < 4.78 is 50.4. The fourth-order valence-corrected chi connectivity index (χ4v) is 3.29. The lowest BCUT2D eigenvalue weighted by molar-refractivity contribution is -0.137. The van der Waals surface area contributed by atoms with Gasteiger partial charge in [-0.3, -0.25) is 4.79 Å². The Morgan fingerprint density at radius 1 is 1.16 bits per heavy atom. The predicted molar refractivity (Wildman–Crippen MR) is 108 cm³/mol. The minimum Gasteiger partial charge on any atom is -0.496 e. The molecule has 2 heterocycles. The van der Waals surface area contributed by atoms with Gasteiger partial charge >= 0.3 is 6.18 Å². The smallest absolute Gasteiger partial charge is 0.416 e. The van der Waals surface area contributed by atoms with Crippen molar-refractivity contribution in [2.45, 2.75) is 19.6 Å². The van der Waals surface area contributed by atoms with Crippen LogP contribution in [-0.4, -0.2) is 22.0 Å². The Morgan fingerprint density at radius 2 is 1.87 bits per heavy atom. The number of nitrogen functional groups attached to an aromatic ring is 1. The van der Waals surface area contributed by atoms with Crippen LogP contribution < -0.4 is 16.0 Å². The first-order chi connectivity index (χ1) is 14.7. The molecule has 4 aromatic rings. The summed E-state index contributed by atoms with van der Waals surface area (Å²) in [6, 6.07) is 9.49. The first-order valence-corrected chi connectivity index (χ1v) is 9.16. The second-order valence-electron chi connectivity index (χ2n) is 6.94. The van der Waals surface area contributed by atoms with Crippen molar-refractivity contribution in [2.24, 2.45) is 0 Å². The Hall–Kier alpha value is -3.82. The molecule has 0 aliphatic heterocycles. The maximum absolute atomic E-state index is 13.0. The highest BCUT2D eigenvalue weighted by atomic mass is 19.4.